The molecule has 0 aromatic heterocycles. The van der Waals surface area contributed by atoms with Gasteiger partial charge in [0.05, 0.1) is 6.67 Å². The van der Waals surface area contributed by atoms with Crippen LogP contribution in [-0.2, 0) is 16.9 Å². The van der Waals surface area contributed by atoms with Crippen molar-refractivity contribution in [3.63, 3.8) is 0 Å². The first-order chi connectivity index (χ1) is 15.0. The molecule has 31 heavy (non-hydrogen) atoms. The van der Waals surface area contributed by atoms with Crippen molar-refractivity contribution in [1.29, 1.82) is 0 Å². The minimum absolute atomic E-state index is 0.233. The van der Waals surface area contributed by atoms with Crippen molar-refractivity contribution >= 4 is 11.9 Å². The molecule has 0 bridgehead atoms. The molecule has 3 aromatic carbocycles. The Morgan fingerprint density at radius 3 is 2.03 bits per heavy atom. The van der Waals surface area contributed by atoms with Gasteiger partial charge in [0.25, 0.3) is 5.91 Å². The van der Waals surface area contributed by atoms with Crippen LogP contribution in [-0.4, -0.2) is 35.0 Å². The highest BCUT2D eigenvalue weighted by molar-refractivity contribution is 6.09. The molecule has 0 radical (unpaired) electrons. The summed E-state index contributed by atoms with van der Waals surface area (Å²) in [6, 6.07) is 26.8. The van der Waals surface area contributed by atoms with E-state index >= 15 is 0 Å². The van der Waals surface area contributed by atoms with Crippen LogP contribution in [0.3, 0.4) is 0 Å². The highest BCUT2D eigenvalue weighted by Crippen LogP contribution is 2.36. The molecular formula is C26H27N3O2. The first-order valence-electron chi connectivity index (χ1n) is 10.6. The second-order valence-corrected chi connectivity index (χ2v) is 7.92. The predicted octanol–water partition coefficient (Wildman–Crippen LogP) is 4.27. The summed E-state index contributed by atoms with van der Waals surface area (Å²) in [6.45, 7) is 5.71. The molecule has 1 N–H and O–H groups in total. The minimum atomic E-state index is -1.22. The van der Waals surface area contributed by atoms with Gasteiger partial charge in [0.2, 0.25) is 0 Å². The zero-order valence-electron chi connectivity index (χ0n) is 17.9. The van der Waals surface area contributed by atoms with Crippen molar-refractivity contribution in [2.24, 2.45) is 0 Å². The van der Waals surface area contributed by atoms with Crippen LogP contribution in [0.1, 0.15) is 29.2 Å². The quantitative estimate of drug-likeness (QED) is 0.589. The Bertz CT molecular complexity index is 1030. The number of aryl methyl sites for hydroxylation is 1. The number of carbonyl (C=O) groups excluding carboxylic acids is 2. The van der Waals surface area contributed by atoms with E-state index in [9.17, 15) is 9.59 Å². The Labute approximate surface area is 183 Å². The first kappa shape index (κ1) is 20.8. The summed E-state index contributed by atoms with van der Waals surface area (Å²) in [5.41, 5.74) is 2.64. The van der Waals surface area contributed by atoms with E-state index in [-0.39, 0.29) is 18.6 Å². The number of benzene rings is 3. The zero-order chi connectivity index (χ0) is 21.8. The lowest BCUT2D eigenvalue weighted by Gasteiger charge is -2.29. The molecule has 1 aliphatic heterocycles. The molecule has 0 spiro atoms. The van der Waals surface area contributed by atoms with E-state index in [2.05, 4.69) is 35.3 Å². The second kappa shape index (κ2) is 8.74. The molecule has 1 heterocycles. The fraction of sp³-hybridized carbons (Fsp3) is 0.231. The van der Waals surface area contributed by atoms with Crippen LogP contribution in [0.25, 0.3) is 0 Å². The number of carbonyl (C=O) groups is 2. The summed E-state index contributed by atoms with van der Waals surface area (Å²) in [5.74, 6) is -0.252. The monoisotopic (exact) mass is 413 g/mol. The van der Waals surface area contributed by atoms with Gasteiger partial charge < -0.3 is 5.32 Å². The molecule has 3 amide bonds. The van der Waals surface area contributed by atoms with E-state index in [0.717, 1.165) is 16.7 Å². The second-order valence-electron chi connectivity index (χ2n) is 7.92. The fourth-order valence-corrected chi connectivity index (χ4v) is 4.17. The molecule has 1 saturated heterocycles. The third-order valence-corrected chi connectivity index (χ3v) is 5.80. The Balaban J connectivity index is 1.66. The van der Waals surface area contributed by atoms with Crippen LogP contribution in [0.15, 0.2) is 84.9 Å². The number of rotatable bonds is 7. The largest absolute Gasteiger partial charge is 0.326 e. The number of nitrogens with zero attached hydrogens (tertiary/aromatic N) is 2. The number of urea groups is 1. The summed E-state index contributed by atoms with van der Waals surface area (Å²) in [7, 11) is 0. The van der Waals surface area contributed by atoms with E-state index in [1.807, 2.05) is 73.7 Å². The lowest BCUT2D eigenvalue weighted by Crippen LogP contribution is -2.46. The topological polar surface area (TPSA) is 52.6 Å². The third-order valence-electron chi connectivity index (χ3n) is 5.80. The molecular weight excluding hydrogens is 386 g/mol. The van der Waals surface area contributed by atoms with Gasteiger partial charge in [-0.2, -0.15) is 0 Å². The lowest BCUT2D eigenvalue weighted by atomic mass is 9.83. The van der Waals surface area contributed by atoms with Crippen LogP contribution in [0.5, 0.6) is 0 Å². The van der Waals surface area contributed by atoms with Gasteiger partial charge in [-0.25, -0.2) is 9.69 Å². The van der Waals surface area contributed by atoms with Crippen LogP contribution in [0.4, 0.5) is 4.79 Å². The van der Waals surface area contributed by atoms with Crippen LogP contribution >= 0.6 is 0 Å². The standard InChI is InChI=1S/C26H27N3O2/c1-3-28(18-21-12-10-11-20(2)17-21)19-29-24(30)26(27-25(29)31,22-13-6-4-7-14-22)23-15-8-5-9-16-23/h4-17H,3,18-19H2,1-2H3,(H,27,31). The fourth-order valence-electron chi connectivity index (χ4n) is 4.17. The van der Waals surface area contributed by atoms with Gasteiger partial charge in [0.1, 0.15) is 0 Å². The number of imide groups is 1. The third kappa shape index (κ3) is 3.97. The maximum atomic E-state index is 13.8. The van der Waals surface area contributed by atoms with Gasteiger partial charge in [-0.1, -0.05) is 97.4 Å². The molecule has 1 fully saturated rings. The average Bonchev–Trinajstić information content (AvgIpc) is 3.05. The average molecular weight is 414 g/mol. The molecule has 5 nitrogen and oxygen atoms in total. The molecule has 3 aromatic rings. The molecule has 158 valence electrons. The maximum Gasteiger partial charge on any atom is 0.326 e. The van der Waals surface area contributed by atoms with Crippen LogP contribution in [0, 0.1) is 6.92 Å². The number of hydrogen-bond donors (Lipinski definition) is 1. The Morgan fingerprint density at radius 2 is 1.48 bits per heavy atom. The number of nitrogens with one attached hydrogen (secondary N) is 1. The minimum Gasteiger partial charge on any atom is -0.315 e. The maximum absolute atomic E-state index is 13.8. The normalized spacial score (nSPS) is 15.4. The first-order valence-corrected chi connectivity index (χ1v) is 10.6. The van der Waals surface area contributed by atoms with Gasteiger partial charge >= 0.3 is 6.03 Å². The molecule has 0 atom stereocenters. The zero-order valence-corrected chi connectivity index (χ0v) is 17.9. The van der Waals surface area contributed by atoms with Gasteiger partial charge in [-0.15, -0.1) is 0 Å². The number of amides is 3. The summed E-state index contributed by atoms with van der Waals surface area (Å²) in [4.78, 5) is 30.3. The molecule has 5 heteroatoms. The van der Waals surface area contributed by atoms with E-state index in [4.69, 9.17) is 0 Å². The molecule has 0 saturated carbocycles. The highest BCUT2D eigenvalue weighted by atomic mass is 16.2. The van der Waals surface area contributed by atoms with Crippen LogP contribution < -0.4 is 5.32 Å². The van der Waals surface area contributed by atoms with Gasteiger partial charge in [0.15, 0.2) is 5.54 Å². The summed E-state index contributed by atoms with van der Waals surface area (Å²) in [5, 5.41) is 3.01. The van der Waals surface area contributed by atoms with E-state index in [1.54, 1.807) is 0 Å². The molecule has 0 unspecified atom stereocenters. The highest BCUT2D eigenvalue weighted by Gasteiger charge is 2.53. The molecule has 1 aliphatic rings. The van der Waals surface area contributed by atoms with Crippen molar-refractivity contribution in [3.8, 4) is 0 Å². The van der Waals surface area contributed by atoms with Gasteiger partial charge in [0, 0.05) is 6.54 Å². The molecule has 0 aliphatic carbocycles. The summed E-state index contributed by atoms with van der Waals surface area (Å²) in [6.07, 6.45) is 0. The van der Waals surface area contributed by atoms with E-state index in [0.29, 0.717) is 13.1 Å². The van der Waals surface area contributed by atoms with Crippen molar-refractivity contribution < 1.29 is 9.59 Å². The van der Waals surface area contributed by atoms with E-state index in [1.165, 1.54) is 10.5 Å². The van der Waals surface area contributed by atoms with E-state index < -0.39 is 5.54 Å². The number of hydrogen-bond acceptors (Lipinski definition) is 3. The molecule has 4 rings (SSSR count). The Morgan fingerprint density at radius 1 is 0.871 bits per heavy atom. The summed E-state index contributed by atoms with van der Waals surface area (Å²) >= 11 is 0. The van der Waals surface area contributed by atoms with Gasteiger partial charge in [-0.05, 0) is 30.2 Å². The Hall–Kier alpha value is -3.44. The van der Waals surface area contributed by atoms with Crippen LogP contribution in [0.2, 0.25) is 0 Å². The van der Waals surface area contributed by atoms with Crippen molar-refractivity contribution in [2.75, 3.05) is 13.2 Å². The van der Waals surface area contributed by atoms with Gasteiger partial charge in [-0.3, -0.25) is 9.69 Å². The Kier molecular flexibility index (Phi) is 5.87. The van der Waals surface area contributed by atoms with Crippen molar-refractivity contribution in [1.82, 2.24) is 15.1 Å². The lowest BCUT2D eigenvalue weighted by molar-refractivity contribution is -0.131. The van der Waals surface area contributed by atoms with Crippen molar-refractivity contribution in [2.45, 2.75) is 25.9 Å². The SMILES string of the molecule is CCN(Cc1cccc(C)c1)CN1C(=O)NC(c2ccccc2)(c2ccccc2)C1=O. The smallest absolute Gasteiger partial charge is 0.315 e. The van der Waals surface area contributed by atoms with Crippen molar-refractivity contribution in [3.05, 3.63) is 107 Å². The summed E-state index contributed by atoms with van der Waals surface area (Å²) < 4.78 is 0. The predicted molar refractivity (Wildman–Crippen MR) is 121 cm³/mol.